The zero-order chi connectivity index (χ0) is 28.0. The largest absolute Gasteiger partial charge is 0.504 e. The number of aromatic hydroxyl groups is 4. The van der Waals surface area contributed by atoms with Gasteiger partial charge in [-0.3, -0.25) is 0 Å². The minimum absolute atomic E-state index is 0.341. The number of esters is 3. The Balaban J connectivity index is 1.73. The Labute approximate surface area is 216 Å². The van der Waals surface area contributed by atoms with Crippen LogP contribution in [0.1, 0.15) is 24.0 Å². The topological polar surface area (TPSA) is 200 Å². The Morgan fingerprint density at radius 3 is 1.58 bits per heavy atom. The molecule has 12 heteroatoms. The number of aliphatic hydroxyl groups excluding tert-OH is 1. The molecule has 0 spiro atoms. The summed E-state index contributed by atoms with van der Waals surface area (Å²) in [6.07, 6.45) is -1.23. The minimum Gasteiger partial charge on any atom is -0.504 e. The van der Waals surface area contributed by atoms with Crippen LogP contribution in [0.2, 0.25) is 0 Å². The maximum atomic E-state index is 12.4. The number of carbonyl (C=O) groups excluding carboxylic acids is 3. The molecule has 2 unspecified atom stereocenters. The molecule has 2 aromatic carbocycles. The Morgan fingerprint density at radius 1 is 0.789 bits per heavy atom. The van der Waals surface area contributed by atoms with E-state index in [-0.39, 0.29) is 11.5 Å². The molecule has 0 aliphatic heterocycles. The third-order valence-electron chi connectivity index (χ3n) is 5.76. The lowest BCUT2D eigenvalue weighted by Crippen LogP contribution is -2.58. The summed E-state index contributed by atoms with van der Waals surface area (Å²) in [4.78, 5) is 37.0. The predicted octanol–water partition coefficient (Wildman–Crippen LogP) is 1.12. The summed E-state index contributed by atoms with van der Waals surface area (Å²) in [6.45, 7) is 0. The second-order valence-corrected chi connectivity index (χ2v) is 8.54. The summed E-state index contributed by atoms with van der Waals surface area (Å²) >= 11 is 0. The van der Waals surface area contributed by atoms with Gasteiger partial charge in [0.15, 0.2) is 28.6 Å². The zero-order valence-corrected chi connectivity index (χ0v) is 20.1. The summed E-state index contributed by atoms with van der Waals surface area (Å²) in [5.74, 6) is -4.57. The Morgan fingerprint density at radius 2 is 1.21 bits per heavy atom. The third kappa shape index (κ3) is 6.81. The first-order valence-corrected chi connectivity index (χ1v) is 11.2. The van der Waals surface area contributed by atoms with Gasteiger partial charge in [0.05, 0.1) is 7.11 Å². The molecular formula is C26H26O12. The number of hydrogen-bond donors (Lipinski definition) is 6. The van der Waals surface area contributed by atoms with Crippen molar-refractivity contribution in [1.29, 1.82) is 0 Å². The van der Waals surface area contributed by atoms with Crippen LogP contribution in [-0.4, -0.2) is 79.6 Å². The summed E-state index contributed by atoms with van der Waals surface area (Å²) in [6, 6.07) is 7.61. The molecule has 1 aliphatic carbocycles. The van der Waals surface area contributed by atoms with Gasteiger partial charge in [0.1, 0.15) is 18.3 Å². The minimum atomic E-state index is -2.25. The molecule has 12 nitrogen and oxygen atoms in total. The van der Waals surface area contributed by atoms with Crippen LogP contribution in [-0.2, 0) is 28.6 Å². The van der Waals surface area contributed by atoms with Crippen molar-refractivity contribution in [3.05, 3.63) is 59.7 Å². The van der Waals surface area contributed by atoms with Crippen LogP contribution in [0, 0.1) is 0 Å². The number of phenolic OH excluding ortho intramolecular Hbond substituents is 4. The molecule has 6 N–H and O–H groups in total. The van der Waals surface area contributed by atoms with Gasteiger partial charge in [0.25, 0.3) is 0 Å². The molecule has 0 saturated heterocycles. The van der Waals surface area contributed by atoms with Crippen LogP contribution in [0.25, 0.3) is 12.2 Å². The number of aliphatic hydroxyl groups is 2. The summed E-state index contributed by atoms with van der Waals surface area (Å²) in [7, 11) is 1.03. The van der Waals surface area contributed by atoms with E-state index in [0.29, 0.717) is 11.1 Å². The number of carbonyl (C=O) groups is 3. The van der Waals surface area contributed by atoms with E-state index in [0.717, 1.165) is 19.3 Å². The molecule has 3 rings (SSSR count). The number of phenols is 4. The first-order valence-electron chi connectivity index (χ1n) is 11.2. The van der Waals surface area contributed by atoms with Crippen LogP contribution in [0.5, 0.6) is 23.0 Å². The molecule has 0 radical (unpaired) electrons. The molecule has 2 aromatic rings. The number of methoxy groups -OCH3 is 1. The zero-order valence-electron chi connectivity index (χ0n) is 20.1. The summed E-state index contributed by atoms with van der Waals surface area (Å²) in [5, 5.41) is 59.4. The van der Waals surface area contributed by atoms with Crippen LogP contribution < -0.4 is 0 Å². The van der Waals surface area contributed by atoms with Crippen LogP contribution in [0.3, 0.4) is 0 Å². The molecule has 38 heavy (non-hydrogen) atoms. The van der Waals surface area contributed by atoms with E-state index in [1.807, 2.05) is 0 Å². The molecule has 1 fully saturated rings. The van der Waals surface area contributed by atoms with E-state index >= 15 is 0 Å². The van der Waals surface area contributed by atoms with E-state index in [9.17, 15) is 45.0 Å². The SMILES string of the molecule is COC(=O)C1(O)C[C@H](OC(=O)C=Cc2ccc(O)c(O)c2)C(O)[C@H](OC(=O)C=Cc2ccc(O)c(O)c2)C1. The second kappa shape index (κ2) is 11.7. The number of benzene rings is 2. The Bertz CT molecular complexity index is 1180. The lowest BCUT2D eigenvalue weighted by Gasteiger charge is -2.41. The monoisotopic (exact) mass is 530 g/mol. The van der Waals surface area contributed by atoms with Crippen molar-refractivity contribution in [3.8, 4) is 23.0 Å². The van der Waals surface area contributed by atoms with Crippen LogP contribution in [0.4, 0.5) is 0 Å². The van der Waals surface area contributed by atoms with E-state index in [2.05, 4.69) is 4.74 Å². The highest BCUT2D eigenvalue weighted by Crippen LogP contribution is 2.34. The fourth-order valence-corrected chi connectivity index (χ4v) is 3.80. The van der Waals surface area contributed by atoms with Gasteiger partial charge in [-0.1, -0.05) is 12.1 Å². The van der Waals surface area contributed by atoms with Crippen molar-refractivity contribution in [3.63, 3.8) is 0 Å². The van der Waals surface area contributed by atoms with Gasteiger partial charge in [-0.2, -0.15) is 0 Å². The maximum Gasteiger partial charge on any atom is 0.338 e. The number of rotatable bonds is 7. The first kappa shape index (κ1) is 28.0. The number of hydrogen-bond acceptors (Lipinski definition) is 12. The Hall–Kier alpha value is -4.55. The molecule has 0 heterocycles. The van der Waals surface area contributed by atoms with Gasteiger partial charge in [-0.15, -0.1) is 0 Å². The molecule has 202 valence electrons. The highest BCUT2D eigenvalue weighted by atomic mass is 16.6. The van der Waals surface area contributed by atoms with Gasteiger partial charge in [0.2, 0.25) is 0 Å². The van der Waals surface area contributed by atoms with E-state index < -0.39 is 66.2 Å². The normalized spacial score (nSPS) is 23.3. The van der Waals surface area contributed by atoms with Gasteiger partial charge in [-0.25, -0.2) is 14.4 Å². The number of ether oxygens (including phenoxy) is 3. The smallest absolute Gasteiger partial charge is 0.338 e. The quantitative estimate of drug-likeness (QED) is 0.129. The van der Waals surface area contributed by atoms with Crippen molar-refractivity contribution in [1.82, 2.24) is 0 Å². The lowest BCUT2D eigenvalue weighted by atomic mass is 9.79. The van der Waals surface area contributed by atoms with Crippen molar-refractivity contribution in [2.24, 2.45) is 0 Å². The van der Waals surface area contributed by atoms with E-state index in [1.54, 1.807) is 0 Å². The molecule has 0 amide bonds. The van der Waals surface area contributed by atoms with Crippen molar-refractivity contribution in [2.75, 3.05) is 7.11 Å². The van der Waals surface area contributed by atoms with Crippen LogP contribution >= 0.6 is 0 Å². The first-order chi connectivity index (χ1) is 17.9. The van der Waals surface area contributed by atoms with Gasteiger partial charge in [0, 0.05) is 25.0 Å². The standard InChI is InChI=1S/C26H26O12/c1-36-25(34)26(35)12-20(37-22(31)8-4-14-2-6-16(27)18(29)10-14)24(33)21(13-26)38-23(32)9-5-15-3-7-17(28)19(30)11-15/h2-11,20-21,24,27-30,33,35H,12-13H2,1H3/t20-,21+,24?,26?. The Kier molecular flexibility index (Phi) is 8.61. The highest BCUT2D eigenvalue weighted by Gasteiger charge is 2.52. The summed E-state index contributed by atoms with van der Waals surface area (Å²) < 4.78 is 15.1. The second-order valence-electron chi connectivity index (χ2n) is 8.54. The van der Waals surface area contributed by atoms with Gasteiger partial charge >= 0.3 is 17.9 Å². The van der Waals surface area contributed by atoms with E-state index in [1.165, 1.54) is 48.6 Å². The van der Waals surface area contributed by atoms with Crippen molar-refractivity contribution in [2.45, 2.75) is 36.8 Å². The molecule has 1 aliphatic rings. The summed E-state index contributed by atoms with van der Waals surface area (Å²) in [5.41, 5.74) is -1.57. The molecular weight excluding hydrogens is 504 g/mol. The third-order valence-corrected chi connectivity index (χ3v) is 5.76. The maximum absolute atomic E-state index is 12.4. The van der Waals surface area contributed by atoms with Crippen LogP contribution in [0.15, 0.2) is 48.6 Å². The van der Waals surface area contributed by atoms with E-state index in [4.69, 9.17) is 9.47 Å². The molecule has 4 atom stereocenters. The molecule has 0 bridgehead atoms. The van der Waals surface area contributed by atoms with Crippen molar-refractivity contribution < 1.29 is 59.2 Å². The molecule has 0 aromatic heterocycles. The average molecular weight is 530 g/mol. The highest BCUT2D eigenvalue weighted by molar-refractivity contribution is 5.88. The average Bonchev–Trinajstić information content (AvgIpc) is 2.87. The molecule has 1 saturated carbocycles. The van der Waals surface area contributed by atoms with Gasteiger partial charge < -0.3 is 44.8 Å². The lowest BCUT2D eigenvalue weighted by molar-refractivity contribution is -0.204. The van der Waals surface area contributed by atoms with Crippen molar-refractivity contribution >= 4 is 30.1 Å². The predicted molar refractivity (Wildman–Crippen MR) is 130 cm³/mol. The fraction of sp³-hybridized carbons (Fsp3) is 0.269. The fourth-order valence-electron chi connectivity index (χ4n) is 3.80. The van der Waals surface area contributed by atoms with Gasteiger partial charge in [-0.05, 0) is 47.5 Å².